The number of carboxylic acids is 1. The van der Waals surface area contributed by atoms with Crippen molar-refractivity contribution in [2.24, 2.45) is 0 Å². The van der Waals surface area contributed by atoms with Crippen LogP contribution in [0.3, 0.4) is 0 Å². The van der Waals surface area contributed by atoms with E-state index in [-0.39, 0.29) is 11.7 Å². The molecule has 0 heterocycles. The van der Waals surface area contributed by atoms with E-state index in [2.05, 4.69) is 19.1 Å². The van der Waals surface area contributed by atoms with Gasteiger partial charge in [-0.25, -0.2) is 0 Å². The van der Waals surface area contributed by atoms with Crippen LogP contribution in [-0.4, -0.2) is 27.5 Å². The molecule has 0 aromatic heterocycles. The van der Waals surface area contributed by atoms with E-state index in [1.165, 1.54) is 101 Å². The Hall–Kier alpha value is -1.00. The zero-order valence-corrected chi connectivity index (χ0v) is 22.7. The molecule has 34 heavy (non-hydrogen) atoms. The predicted octanol–water partition coefficient (Wildman–Crippen LogP) is 9.41. The molecule has 1 aromatic carbocycles. The minimum absolute atomic E-state index is 0.138. The van der Waals surface area contributed by atoms with Gasteiger partial charge in [0.1, 0.15) is 0 Å². The second-order valence-electron chi connectivity index (χ2n) is 9.91. The van der Waals surface area contributed by atoms with Crippen molar-refractivity contribution in [2.45, 2.75) is 152 Å². The molecule has 0 saturated carbocycles. The lowest BCUT2D eigenvalue weighted by molar-refractivity contribution is -0.137. The highest BCUT2D eigenvalue weighted by molar-refractivity contribution is 8.00. The summed E-state index contributed by atoms with van der Waals surface area (Å²) in [4.78, 5) is 12.0. The van der Waals surface area contributed by atoms with E-state index in [4.69, 9.17) is 5.11 Å². The fourth-order valence-electron chi connectivity index (χ4n) is 4.55. The maximum absolute atomic E-state index is 10.8. The van der Waals surface area contributed by atoms with Crippen molar-refractivity contribution in [3.05, 3.63) is 30.3 Å². The summed E-state index contributed by atoms with van der Waals surface area (Å²) in [6, 6.07) is 10.3. The summed E-state index contributed by atoms with van der Waals surface area (Å²) in [7, 11) is 0. The van der Waals surface area contributed by atoms with Gasteiger partial charge in [-0.3, -0.25) is 4.79 Å². The highest BCUT2D eigenvalue weighted by Gasteiger charge is 2.20. The molecule has 0 radical (unpaired) electrons. The van der Waals surface area contributed by atoms with Crippen LogP contribution in [0.2, 0.25) is 0 Å². The third-order valence-corrected chi connectivity index (χ3v) is 8.09. The van der Waals surface area contributed by atoms with E-state index in [1.54, 1.807) is 11.8 Å². The lowest BCUT2D eigenvalue weighted by Crippen LogP contribution is -2.23. The van der Waals surface area contributed by atoms with E-state index >= 15 is 0 Å². The number of thioether (sulfide) groups is 1. The highest BCUT2D eigenvalue weighted by atomic mass is 32.2. The van der Waals surface area contributed by atoms with Gasteiger partial charge < -0.3 is 10.2 Å². The molecule has 0 aliphatic carbocycles. The number of hydrogen-bond acceptors (Lipinski definition) is 3. The maximum atomic E-state index is 10.8. The number of benzene rings is 1. The molecular weight excluding hydrogens is 440 g/mol. The van der Waals surface area contributed by atoms with Crippen molar-refractivity contribution in [3.8, 4) is 0 Å². The lowest BCUT2D eigenvalue weighted by Gasteiger charge is -2.22. The minimum Gasteiger partial charge on any atom is -0.481 e. The normalized spacial score (nSPS) is 13.1. The van der Waals surface area contributed by atoms with Crippen molar-refractivity contribution in [2.75, 3.05) is 0 Å². The first kappa shape index (κ1) is 31.0. The smallest absolute Gasteiger partial charge is 0.303 e. The molecular formula is C30H52O3S. The summed E-state index contributed by atoms with van der Waals surface area (Å²) < 4.78 is 0. The SMILES string of the molecule is CCCCCCCCCCCCCCCCCCC(Sc1ccccc1)C(O)CCCC(=O)O. The molecule has 0 amide bonds. The number of aliphatic hydroxyl groups excluding tert-OH is 1. The molecule has 0 fully saturated rings. The number of rotatable bonds is 24. The summed E-state index contributed by atoms with van der Waals surface area (Å²) in [6.45, 7) is 2.28. The molecule has 2 atom stereocenters. The topological polar surface area (TPSA) is 57.5 Å². The van der Waals surface area contributed by atoms with Crippen LogP contribution in [0.5, 0.6) is 0 Å². The minimum atomic E-state index is -0.780. The Morgan fingerprint density at radius 1 is 0.706 bits per heavy atom. The molecule has 0 aliphatic heterocycles. The Balaban J connectivity index is 2.07. The second-order valence-corrected chi connectivity index (χ2v) is 11.2. The predicted molar refractivity (Wildman–Crippen MR) is 148 cm³/mol. The van der Waals surface area contributed by atoms with Gasteiger partial charge in [0, 0.05) is 16.6 Å². The van der Waals surface area contributed by atoms with Crippen LogP contribution >= 0.6 is 11.8 Å². The van der Waals surface area contributed by atoms with Crippen molar-refractivity contribution in [1.82, 2.24) is 0 Å². The average molecular weight is 493 g/mol. The molecule has 0 bridgehead atoms. The van der Waals surface area contributed by atoms with E-state index < -0.39 is 12.1 Å². The number of aliphatic hydroxyl groups is 1. The van der Waals surface area contributed by atoms with E-state index in [0.717, 1.165) is 12.8 Å². The van der Waals surface area contributed by atoms with Crippen molar-refractivity contribution < 1.29 is 15.0 Å². The van der Waals surface area contributed by atoms with Gasteiger partial charge in [0.05, 0.1) is 6.10 Å². The zero-order chi connectivity index (χ0) is 24.7. The van der Waals surface area contributed by atoms with Gasteiger partial charge in [-0.05, 0) is 31.4 Å². The Bertz CT molecular complexity index is 578. The van der Waals surface area contributed by atoms with E-state index in [1.807, 2.05) is 18.2 Å². The van der Waals surface area contributed by atoms with Gasteiger partial charge in [-0.1, -0.05) is 128 Å². The van der Waals surface area contributed by atoms with Gasteiger partial charge in [0.15, 0.2) is 0 Å². The summed E-state index contributed by atoms with van der Waals surface area (Å²) in [5, 5.41) is 19.7. The molecule has 1 aromatic rings. The van der Waals surface area contributed by atoms with Crippen molar-refractivity contribution in [3.63, 3.8) is 0 Å². The van der Waals surface area contributed by atoms with Crippen molar-refractivity contribution in [1.29, 1.82) is 0 Å². The monoisotopic (exact) mass is 492 g/mol. The Morgan fingerprint density at radius 3 is 1.65 bits per heavy atom. The molecule has 2 N–H and O–H groups in total. The number of carbonyl (C=O) groups is 1. The van der Waals surface area contributed by atoms with Crippen LogP contribution in [-0.2, 0) is 4.79 Å². The van der Waals surface area contributed by atoms with Gasteiger partial charge in [-0.2, -0.15) is 0 Å². The van der Waals surface area contributed by atoms with Crippen LogP contribution < -0.4 is 0 Å². The third kappa shape index (κ3) is 18.3. The molecule has 0 aliphatic rings. The van der Waals surface area contributed by atoms with Gasteiger partial charge in [0.2, 0.25) is 0 Å². The summed E-state index contributed by atoms with van der Waals surface area (Å²) in [5.41, 5.74) is 0. The molecule has 196 valence electrons. The Morgan fingerprint density at radius 2 is 1.18 bits per heavy atom. The first-order valence-corrected chi connectivity index (χ1v) is 15.1. The van der Waals surface area contributed by atoms with Crippen LogP contribution in [0.15, 0.2) is 35.2 Å². The Kier molecular flexibility index (Phi) is 20.5. The standard InChI is InChI=1S/C30H52O3S/c1-2-3-4-5-6-7-8-9-10-11-12-13-14-15-16-20-25-29(28(31)24-21-26-30(32)33)34-27-22-18-17-19-23-27/h17-19,22-23,28-29,31H,2-16,20-21,24-26H2,1H3,(H,32,33). The highest BCUT2D eigenvalue weighted by Crippen LogP contribution is 2.31. The largest absolute Gasteiger partial charge is 0.481 e. The quantitative estimate of drug-likeness (QED) is 0.111. The van der Waals surface area contributed by atoms with Crippen LogP contribution in [0, 0.1) is 0 Å². The molecule has 2 unspecified atom stereocenters. The third-order valence-electron chi connectivity index (χ3n) is 6.69. The second kappa shape index (κ2) is 22.5. The van der Waals surface area contributed by atoms with E-state index in [9.17, 15) is 9.90 Å². The molecule has 0 saturated heterocycles. The van der Waals surface area contributed by atoms with Gasteiger partial charge in [0.25, 0.3) is 0 Å². The number of hydrogen-bond donors (Lipinski definition) is 2. The summed E-state index contributed by atoms with van der Waals surface area (Å²) in [6.07, 6.45) is 23.6. The molecule has 0 spiro atoms. The lowest BCUT2D eigenvalue weighted by atomic mass is 10.0. The van der Waals surface area contributed by atoms with Crippen LogP contribution in [0.1, 0.15) is 135 Å². The fraction of sp³-hybridized carbons (Fsp3) is 0.767. The molecule has 1 rings (SSSR count). The summed E-state index contributed by atoms with van der Waals surface area (Å²) >= 11 is 1.75. The van der Waals surface area contributed by atoms with Gasteiger partial charge in [-0.15, -0.1) is 11.8 Å². The number of aliphatic carboxylic acids is 1. The van der Waals surface area contributed by atoms with E-state index in [0.29, 0.717) is 12.8 Å². The van der Waals surface area contributed by atoms with Crippen molar-refractivity contribution >= 4 is 17.7 Å². The Labute approximate surface area is 214 Å². The number of unbranched alkanes of at least 4 members (excludes halogenated alkanes) is 15. The van der Waals surface area contributed by atoms with Crippen LogP contribution in [0.4, 0.5) is 0 Å². The molecule has 3 nitrogen and oxygen atoms in total. The molecule has 4 heteroatoms. The first-order chi connectivity index (χ1) is 16.6. The van der Waals surface area contributed by atoms with Gasteiger partial charge >= 0.3 is 5.97 Å². The summed E-state index contributed by atoms with van der Waals surface area (Å²) in [5.74, 6) is -0.780. The van der Waals surface area contributed by atoms with Crippen LogP contribution in [0.25, 0.3) is 0 Å². The number of carboxylic acid groups (broad SMARTS) is 1. The maximum Gasteiger partial charge on any atom is 0.303 e. The first-order valence-electron chi connectivity index (χ1n) is 14.2. The zero-order valence-electron chi connectivity index (χ0n) is 21.9. The average Bonchev–Trinajstić information content (AvgIpc) is 2.83. The fourth-order valence-corrected chi connectivity index (χ4v) is 5.79.